The predicted octanol–water partition coefficient (Wildman–Crippen LogP) is 4.15. The van der Waals surface area contributed by atoms with E-state index in [0.717, 1.165) is 12.8 Å². The van der Waals surface area contributed by atoms with E-state index < -0.39 is 9.84 Å². The third-order valence-corrected chi connectivity index (χ3v) is 7.12. The average molecular weight is 302 g/mol. The van der Waals surface area contributed by atoms with Crippen LogP contribution < -0.4 is 0 Å². The Kier molecular flexibility index (Phi) is 3.78. The Bertz CT molecular complexity index is 683. The van der Waals surface area contributed by atoms with Crippen LogP contribution in [0.15, 0.2) is 58.5 Å². The Labute approximate surface area is 127 Å². The van der Waals surface area contributed by atoms with Gasteiger partial charge in [0.25, 0.3) is 0 Å². The molecule has 0 saturated carbocycles. The van der Waals surface area contributed by atoms with Crippen LogP contribution in [0.1, 0.15) is 33.1 Å². The van der Waals surface area contributed by atoms with Crippen molar-refractivity contribution in [3.8, 4) is 0 Å². The number of hydrogen-bond acceptors (Lipinski definition) is 2. The summed E-state index contributed by atoms with van der Waals surface area (Å²) in [6, 6.07) is 8.91. The molecular weight excluding hydrogens is 280 g/mol. The van der Waals surface area contributed by atoms with Crippen molar-refractivity contribution >= 4 is 9.84 Å². The second-order valence-electron chi connectivity index (χ2n) is 6.32. The fraction of sp³-hybridized carbons (Fsp3) is 0.444. The lowest BCUT2D eigenvalue weighted by molar-refractivity contribution is 0.391. The highest BCUT2D eigenvalue weighted by Crippen LogP contribution is 2.45. The molecule has 3 atom stereocenters. The molecule has 3 rings (SSSR count). The van der Waals surface area contributed by atoms with Crippen molar-refractivity contribution in [3.05, 3.63) is 53.6 Å². The Morgan fingerprint density at radius 3 is 2.57 bits per heavy atom. The van der Waals surface area contributed by atoms with Crippen LogP contribution in [0.5, 0.6) is 0 Å². The zero-order valence-corrected chi connectivity index (χ0v) is 13.4. The second-order valence-corrected chi connectivity index (χ2v) is 8.49. The summed E-state index contributed by atoms with van der Waals surface area (Å²) in [5, 5.41) is -0.298. The van der Waals surface area contributed by atoms with Crippen LogP contribution in [-0.4, -0.2) is 13.7 Å². The van der Waals surface area contributed by atoms with Gasteiger partial charge in [-0.15, -0.1) is 0 Å². The van der Waals surface area contributed by atoms with E-state index in [2.05, 4.69) is 26.0 Å². The van der Waals surface area contributed by atoms with Gasteiger partial charge in [0.15, 0.2) is 9.84 Å². The van der Waals surface area contributed by atoms with Gasteiger partial charge in [0.2, 0.25) is 0 Å². The smallest absolute Gasteiger partial charge is 0.182 e. The highest BCUT2D eigenvalue weighted by molar-refractivity contribution is 7.92. The van der Waals surface area contributed by atoms with E-state index in [1.165, 1.54) is 11.1 Å². The summed E-state index contributed by atoms with van der Waals surface area (Å²) in [6.07, 6.45) is 7.16. The third kappa shape index (κ3) is 2.48. The molecule has 2 nitrogen and oxygen atoms in total. The SMILES string of the molecule is CC1=C2C=CCC[C@H](C)[C@H]2[C@@H](S(=O)(=O)c2ccccc2)C1. The van der Waals surface area contributed by atoms with Gasteiger partial charge in [-0.1, -0.05) is 42.8 Å². The Morgan fingerprint density at radius 2 is 1.86 bits per heavy atom. The van der Waals surface area contributed by atoms with Crippen molar-refractivity contribution in [1.29, 1.82) is 0 Å². The molecule has 3 heteroatoms. The maximum Gasteiger partial charge on any atom is 0.182 e. The summed E-state index contributed by atoms with van der Waals surface area (Å²) in [7, 11) is -3.27. The van der Waals surface area contributed by atoms with Gasteiger partial charge in [0.05, 0.1) is 10.1 Å². The molecule has 0 fully saturated rings. The van der Waals surface area contributed by atoms with Crippen molar-refractivity contribution in [3.63, 3.8) is 0 Å². The Balaban J connectivity index is 2.03. The van der Waals surface area contributed by atoms with Gasteiger partial charge in [-0.05, 0) is 49.8 Å². The van der Waals surface area contributed by atoms with Gasteiger partial charge in [-0.3, -0.25) is 0 Å². The average Bonchev–Trinajstić information content (AvgIpc) is 2.69. The Morgan fingerprint density at radius 1 is 1.14 bits per heavy atom. The van der Waals surface area contributed by atoms with E-state index in [0.29, 0.717) is 17.2 Å². The molecule has 0 radical (unpaired) electrons. The van der Waals surface area contributed by atoms with E-state index in [1.807, 2.05) is 6.07 Å². The molecule has 1 aromatic carbocycles. The maximum atomic E-state index is 13.0. The first-order valence-corrected chi connectivity index (χ1v) is 9.21. The maximum absolute atomic E-state index is 13.0. The summed E-state index contributed by atoms with van der Waals surface area (Å²) >= 11 is 0. The van der Waals surface area contributed by atoms with E-state index >= 15 is 0 Å². The Hall–Kier alpha value is -1.35. The number of rotatable bonds is 2. The van der Waals surface area contributed by atoms with Gasteiger partial charge >= 0.3 is 0 Å². The predicted molar refractivity (Wildman–Crippen MR) is 85.8 cm³/mol. The fourth-order valence-corrected chi connectivity index (χ4v) is 5.95. The van der Waals surface area contributed by atoms with Crippen LogP contribution in [-0.2, 0) is 9.84 Å². The summed E-state index contributed by atoms with van der Waals surface area (Å²) in [5.41, 5.74) is 2.51. The molecule has 0 spiro atoms. The number of benzene rings is 1. The van der Waals surface area contributed by atoms with Gasteiger partial charge in [-0.2, -0.15) is 0 Å². The molecule has 2 aliphatic carbocycles. The number of allylic oxidation sites excluding steroid dienone is 4. The first-order valence-electron chi connectivity index (χ1n) is 7.67. The van der Waals surface area contributed by atoms with Crippen molar-refractivity contribution < 1.29 is 8.42 Å². The minimum absolute atomic E-state index is 0.147. The van der Waals surface area contributed by atoms with Gasteiger partial charge in [0, 0.05) is 5.92 Å². The summed E-state index contributed by atoms with van der Waals surface area (Å²) < 4.78 is 26.1. The van der Waals surface area contributed by atoms with E-state index in [9.17, 15) is 8.42 Å². The molecule has 0 unspecified atom stereocenters. The topological polar surface area (TPSA) is 34.1 Å². The van der Waals surface area contributed by atoms with Gasteiger partial charge < -0.3 is 0 Å². The highest BCUT2D eigenvalue weighted by atomic mass is 32.2. The summed E-state index contributed by atoms with van der Waals surface area (Å²) in [5.74, 6) is 0.560. The van der Waals surface area contributed by atoms with Crippen LogP contribution in [0.25, 0.3) is 0 Å². The molecule has 0 N–H and O–H groups in total. The second kappa shape index (κ2) is 5.45. The van der Waals surface area contributed by atoms with E-state index in [1.54, 1.807) is 24.3 Å². The largest absolute Gasteiger partial charge is 0.223 e. The summed E-state index contributed by atoms with van der Waals surface area (Å²) in [4.78, 5) is 0.462. The lowest BCUT2D eigenvalue weighted by Crippen LogP contribution is -2.31. The minimum atomic E-state index is -3.27. The lowest BCUT2D eigenvalue weighted by atomic mass is 9.86. The zero-order valence-electron chi connectivity index (χ0n) is 12.6. The van der Waals surface area contributed by atoms with Crippen molar-refractivity contribution in [1.82, 2.24) is 0 Å². The molecule has 0 heterocycles. The minimum Gasteiger partial charge on any atom is -0.223 e. The molecular formula is C18H22O2S. The molecule has 0 bridgehead atoms. The first kappa shape index (κ1) is 14.6. The molecule has 0 amide bonds. The molecule has 112 valence electrons. The first-order chi connectivity index (χ1) is 10.0. The van der Waals surface area contributed by atoms with Gasteiger partial charge in [0.1, 0.15) is 0 Å². The van der Waals surface area contributed by atoms with Crippen LogP contribution in [0, 0.1) is 11.8 Å². The van der Waals surface area contributed by atoms with Crippen LogP contribution in [0.4, 0.5) is 0 Å². The van der Waals surface area contributed by atoms with Crippen LogP contribution >= 0.6 is 0 Å². The van der Waals surface area contributed by atoms with Gasteiger partial charge in [-0.25, -0.2) is 8.42 Å². The molecule has 1 aromatic rings. The highest BCUT2D eigenvalue weighted by Gasteiger charge is 2.43. The quantitative estimate of drug-likeness (QED) is 0.822. The zero-order chi connectivity index (χ0) is 15.0. The molecule has 0 saturated heterocycles. The van der Waals surface area contributed by atoms with Crippen LogP contribution in [0.2, 0.25) is 0 Å². The molecule has 2 aliphatic rings. The monoisotopic (exact) mass is 302 g/mol. The number of fused-ring (bicyclic) bond motifs is 1. The normalized spacial score (nSPS) is 29.3. The lowest BCUT2D eigenvalue weighted by Gasteiger charge is -2.26. The summed E-state index contributed by atoms with van der Waals surface area (Å²) in [6.45, 7) is 4.29. The van der Waals surface area contributed by atoms with Crippen molar-refractivity contribution in [2.45, 2.75) is 43.3 Å². The molecule has 21 heavy (non-hydrogen) atoms. The number of hydrogen-bond donors (Lipinski definition) is 0. The van der Waals surface area contributed by atoms with Crippen molar-refractivity contribution in [2.24, 2.45) is 11.8 Å². The molecule has 0 aliphatic heterocycles. The van der Waals surface area contributed by atoms with Crippen LogP contribution in [0.3, 0.4) is 0 Å². The van der Waals surface area contributed by atoms with Crippen molar-refractivity contribution in [2.75, 3.05) is 0 Å². The van der Waals surface area contributed by atoms with E-state index in [-0.39, 0.29) is 11.2 Å². The fourth-order valence-electron chi connectivity index (χ4n) is 3.79. The third-order valence-electron chi connectivity index (χ3n) is 4.93. The standard InChI is InChI=1S/C18H22O2S/c1-13-8-6-7-11-16-14(2)12-17(18(13)16)21(19,20)15-9-4-3-5-10-15/h3-5,7,9-11,13,17-18H,6,8,12H2,1-2H3/t13-,17-,18+/m0/s1. The number of sulfone groups is 1. The molecule has 0 aromatic heterocycles. The van der Waals surface area contributed by atoms with E-state index in [4.69, 9.17) is 0 Å².